The lowest BCUT2D eigenvalue weighted by molar-refractivity contribution is 0.434. The summed E-state index contributed by atoms with van der Waals surface area (Å²) in [6, 6.07) is 1.61. The fraction of sp³-hybridized carbons (Fsp3) is 0.588. The molecule has 0 radical (unpaired) electrons. The molecule has 2 aromatic heterocycles. The van der Waals surface area contributed by atoms with Gasteiger partial charge in [0, 0.05) is 24.8 Å². The summed E-state index contributed by atoms with van der Waals surface area (Å²) in [4.78, 5) is 21.7. The summed E-state index contributed by atoms with van der Waals surface area (Å²) in [6.45, 7) is 8.24. The second kappa shape index (κ2) is 6.56. The first-order valence-electron chi connectivity index (χ1n) is 8.38. The monoisotopic (exact) mass is 315 g/mol. The van der Waals surface area contributed by atoms with Gasteiger partial charge in [-0.2, -0.15) is 5.10 Å². The van der Waals surface area contributed by atoms with Crippen LogP contribution in [0.3, 0.4) is 0 Å². The van der Waals surface area contributed by atoms with E-state index < -0.39 is 0 Å². The third-order valence-electron chi connectivity index (χ3n) is 4.78. The molecule has 3 rings (SSSR count). The highest BCUT2D eigenvalue weighted by atomic mass is 16.1. The van der Waals surface area contributed by atoms with E-state index in [1.54, 1.807) is 6.07 Å². The van der Waals surface area contributed by atoms with E-state index in [-0.39, 0.29) is 5.56 Å². The van der Waals surface area contributed by atoms with Crippen LogP contribution in [0.15, 0.2) is 10.9 Å². The predicted octanol–water partition coefficient (Wildman–Crippen LogP) is 2.13. The van der Waals surface area contributed by atoms with Crippen LogP contribution in [-0.4, -0.2) is 33.3 Å². The van der Waals surface area contributed by atoms with E-state index in [4.69, 9.17) is 0 Å². The Morgan fingerprint density at radius 1 is 1.26 bits per heavy atom. The first-order valence-corrected chi connectivity index (χ1v) is 8.38. The van der Waals surface area contributed by atoms with Gasteiger partial charge in [0.1, 0.15) is 0 Å². The highest BCUT2D eigenvalue weighted by Gasteiger charge is 2.18. The largest absolute Gasteiger partial charge is 0.342 e. The molecule has 0 spiro atoms. The minimum atomic E-state index is -0.0655. The van der Waals surface area contributed by atoms with Gasteiger partial charge in [0.05, 0.1) is 11.4 Å². The van der Waals surface area contributed by atoms with Gasteiger partial charge < -0.3 is 4.90 Å². The average Bonchev–Trinajstić information content (AvgIpc) is 2.84. The third-order valence-corrected chi connectivity index (χ3v) is 4.78. The van der Waals surface area contributed by atoms with Gasteiger partial charge in [-0.3, -0.25) is 14.9 Å². The molecule has 2 aromatic rings. The Morgan fingerprint density at radius 3 is 2.65 bits per heavy atom. The predicted molar refractivity (Wildman–Crippen MR) is 90.9 cm³/mol. The van der Waals surface area contributed by atoms with E-state index in [9.17, 15) is 4.79 Å². The first kappa shape index (κ1) is 15.8. The molecule has 0 atom stereocenters. The highest BCUT2D eigenvalue weighted by molar-refractivity contribution is 5.31. The Morgan fingerprint density at radius 2 is 2.00 bits per heavy atom. The highest BCUT2D eigenvalue weighted by Crippen LogP contribution is 2.20. The molecular weight excluding hydrogens is 290 g/mol. The zero-order chi connectivity index (χ0) is 16.4. The maximum absolute atomic E-state index is 12.0. The SMILES string of the molecule is Cc1n[nH]c(C)c1CCc1cc(=O)[nH]c(N2CCC(C)CC2)n1. The Balaban J connectivity index is 1.74. The number of hydrogen-bond donors (Lipinski definition) is 2. The van der Waals surface area contributed by atoms with Gasteiger partial charge in [0.15, 0.2) is 0 Å². The summed E-state index contributed by atoms with van der Waals surface area (Å²) in [5, 5.41) is 7.23. The molecule has 1 fully saturated rings. The van der Waals surface area contributed by atoms with Crippen molar-refractivity contribution in [2.24, 2.45) is 5.92 Å². The Hall–Kier alpha value is -2.11. The third kappa shape index (κ3) is 3.63. The Labute approximate surface area is 136 Å². The Bertz CT molecular complexity index is 705. The lowest BCUT2D eigenvalue weighted by Crippen LogP contribution is -2.35. The smallest absolute Gasteiger partial charge is 0.252 e. The number of anilines is 1. The average molecular weight is 315 g/mol. The van der Waals surface area contributed by atoms with Crippen molar-refractivity contribution in [1.82, 2.24) is 20.2 Å². The summed E-state index contributed by atoms with van der Waals surface area (Å²) in [6.07, 6.45) is 3.91. The van der Waals surface area contributed by atoms with Crippen molar-refractivity contribution in [3.8, 4) is 0 Å². The van der Waals surface area contributed by atoms with Crippen molar-refractivity contribution in [1.29, 1.82) is 0 Å². The van der Waals surface area contributed by atoms with Crippen LogP contribution in [0, 0.1) is 19.8 Å². The maximum Gasteiger partial charge on any atom is 0.252 e. The molecule has 23 heavy (non-hydrogen) atoms. The Kier molecular flexibility index (Phi) is 4.50. The van der Waals surface area contributed by atoms with Crippen molar-refractivity contribution >= 4 is 5.95 Å². The number of aryl methyl sites for hydroxylation is 3. The zero-order valence-electron chi connectivity index (χ0n) is 14.1. The lowest BCUT2D eigenvalue weighted by atomic mass is 10.00. The van der Waals surface area contributed by atoms with E-state index in [1.165, 1.54) is 5.56 Å². The van der Waals surface area contributed by atoms with Crippen LogP contribution in [0.4, 0.5) is 5.95 Å². The zero-order valence-corrected chi connectivity index (χ0v) is 14.1. The number of nitrogens with one attached hydrogen (secondary N) is 2. The van der Waals surface area contributed by atoms with Gasteiger partial charge in [-0.25, -0.2) is 4.98 Å². The van der Waals surface area contributed by atoms with Crippen LogP contribution in [0.5, 0.6) is 0 Å². The normalized spacial score (nSPS) is 16.0. The van der Waals surface area contributed by atoms with Crippen LogP contribution in [0.2, 0.25) is 0 Å². The number of nitrogens with zero attached hydrogens (tertiary/aromatic N) is 3. The number of H-pyrrole nitrogens is 2. The summed E-state index contributed by atoms with van der Waals surface area (Å²) in [5.41, 5.74) is 4.13. The van der Waals surface area contributed by atoms with Crippen molar-refractivity contribution in [3.05, 3.63) is 39.1 Å². The van der Waals surface area contributed by atoms with Gasteiger partial charge in [-0.05, 0) is 51.0 Å². The van der Waals surface area contributed by atoms with Crippen molar-refractivity contribution in [3.63, 3.8) is 0 Å². The molecule has 0 saturated carbocycles. The van der Waals surface area contributed by atoms with E-state index >= 15 is 0 Å². The van der Waals surface area contributed by atoms with Gasteiger partial charge in [0.2, 0.25) is 5.95 Å². The van der Waals surface area contributed by atoms with Crippen molar-refractivity contribution in [2.75, 3.05) is 18.0 Å². The summed E-state index contributed by atoms with van der Waals surface area (Å²) >= 11 is 0. The lowest BCUT2D eigenvalue weighted by Gasteiger charge is -2.30. The topological polar surface area (TPSA) is 77.7 Å². The molecule has 0 aromatic carbocycles. The van der Waals surface area contributed by atoms with Crippen LogP contribution in [-0.2, 0) is 12.8 Å². The first-order chi connectivity index (χ1) is 11.0. The van der Waals surface area contributed by atoms with E-state index in [0.717, 1.165) is 67.7 Å². The molecule has 6 nitrogen and oxygen atoms in total. The summed E-state index contributed by atoms with van der Waals surface area (Å²) < 4.78 is 0. The van der Waals surface area contributed by atoms with E-state index in [2.05, 4.69) is 32.0 Å². The van der Waals surface area contributed by atoms with Crippen molar-refractivity contribution < 1.29 is 0 Å². The molecule has 1 saturated heterocycles. The van der Waals surface area contributed by atoms with Crippen LogP contribution in [0.1, 0.15) is 42.4 Å². The number of aromatic nitrogens is 4. The molecular formula is C17H25N5O. The minimum Gasteiger partial charge on any atom is -0.342 e. The molecule has 1 aliphatic heterocycles. The molecule has 0 unspecified atom stereocenters. The second-order valence-electron chi connectivity index (χ2n) is 6.64. The molecule has 124 valence electrons. The quantitative estimate of drug-likeness (QED) is 0.906. The second-order valence-corrected chi connectivity index (χ2v) is 6.64. The number of hydrogen-bond acceptors (Lipinski definition) is 4. The number of aromatic amines is 2. The van der Waals surface area contributed by atoms with Gasteiger partial charge >= 0.3 is 0 Å². The van der Waals surface area contributed by atoms with E-state index in [1.807, 2.05) is 13.8 Å². The van der Waals surface area contributed by atoms with Crippen LogP contribution in [0.25, 0.3) is 0 Å². The summed E-state index contributed by atoms with van der Waals surface area (Å²) in [5.74, 6) is 1.48. The molecule has 6 heteroatoms. The maximum atomic E-state index is 12.0. The molecule has 0 aliphatic carbocycles. The van der Waals surface area contributed by atoms with Crippen molar-refractivity contribution in [2.45, 2.75) is 46.5 Å². The van der Waals surface area contributed by atoms with Gasteiger partial charge in [-0.15, -0.1) is 0 Å². The van der Waals surface area contributed by atoms with Gasteiger partial charge in [0.25, 0.3) is 5.56 Å². The molecule has 3 heterocycles. The minimum absolute atomic E-state index is 0.0655. The van der Waals surface area contributed by atoms with E-state index in [0.29, 0.717) is 0 Å². The van der Waals surface area contributed by atoms with Gasteiger partial charge in [-0.1, -0.05) is 6.92 Å². The van der Waals surface area contributed by atoms with Crippen LogP contribution >= 0.6 is 0 Å². The molecule has 2 N–H and O–H groups in total. The summed E-state index contributed by atoms with van der Waals surface area (Å²) in [7, 11) is 0. The molecule has 1 aliphatic rings. The molecule has 0 bridgehead atoms. The van der Waals surface area contributed by atoms with Crippen LogP contribution < -0.4 is 10.5 Å². The fourth-order valence-corrected chi connectivity index (χ4v) is 3.19. The number of rotatable bonds is 4. The number of piperidine rings is 1. The fourth-order valence-electron chi connectivity index (χ4n) is 3.19. The molecule has 0 amide bonds. The standard InChI is InChI=1S/C17H25N5O/c1-11-6-8-22(9-7-11)17-18-14(10-16(23)19-17)4-5-15-12(2)20-21-13(15)3/h10-11H,4-9H2,1-3H3,(H,20,21)(H,18,19,23).